The molecule has 0 atom stereocenters. The normalized spacial score (nSPS) is 11.9. The zero-order valence-electron chi connectivity index (χ0n) is 14.8. The molecule has 2 nitrogen and oxygen atoms in total. The second kappa shape index (κ2) is 17.0. The van der Waals surface area contributed by atoms with Crippen LogP contribution in [0.25, 0.3) is 0 Å². The molecule has 0 N–H and O–H groups in total. The van der Waals surface area contributed by atoms with Crippen molar-refractivity contribution >= 4 is 0 Å². The van der Waals surface area contributed by atoms with Crippen molar-refractivity contribution in [2.45, 2.75) is 25.7 Å². The number of methoxy groups -OCH3 is 2. The van der Waals surface area contributed by atoms with Crippen molar-refractivity contribution < 1.29 is 30.5 Å². The smallest absolute Gasteiger partial charge is 0.0606 e. The Kier molecular flexibility index (Phi) is 15.8. The third-order valence-corrected chi connectivity index (χ3v) is 3.07. The number of hydrogen-bond donors (Lipinski definition) is 0. The third kappa shape index (κ3) is 13.2. The fourth-order valence-corrected chi connectivity index (χ4v) is 1.79. The molecule has 0 saturated carbocycles. The molecule has 0 aliphatic heterocycles. The van der Waals surface area contributed by atoms with Gasteiger partial charge < -0.3 is 15.5 Å². The molecule has 2 aromatic rings. The predicted molar refractivity (Wildman–Crippen MR) is 99.1 cm³/mol. The van der Waals surface area contributed by atoms with E-state index in [4.69, 9.17) is 9.47 Å². The summed E-state index contributed by atoms with van der Waals surface area (Å²) in [6, 6.07) is 20.6. The Morgan fingerprint density at radius 1 is 0.800 bits per heavy atom. The summed E-state index contributed by atoms with van der Waals surface area (Å²) in [6.45, 7) is 0. The molecule has 0 spiro atoms. The summed E-state index contributed by atoms with van der Waals surface area (Å²) in [5.41, 5.74) is 0. The minimum Gasteiger partial charge on any atom is -0.554 e. The van der Waals surface area contributed by atoms with Gasteiger partial charge in [-0.05, 0) is 6.42 Å². The van der Waals surface area contributed by atoms with Gasteiger partial charge in [-0.2, -0.15) is 42.8 Å². The van der Waals surface area contributed by atoms with Crippen molar-refractivity contribution in [3.63, 3.8) is 0 Å². The molecule has 3 rings (SSSR count). The molecular formula is C22H25O2Pt-3. The average Bonchev–Trinajstić information content (AvgIpc) is 2.63. The topological polar surface area (TPSA) is 18.5 Å². The van der Waals surface area contributed by atoms with Crippen molar-refractivity contribution in [2.75, 3.05) is 14.2 Å². The van der Waals surface area contributed by atoms with E-state index in [0.29, 0.717) is 0 Å². The zero-order valence-corrected chi connectivity index (χ0v) is 17.1. The van der Waals surface area contributed by atoms with E-state index in [1.54, 1.807) is 26.4 Å². The van der Waals surface area contributed by atoms with Crippen LogP contribution >= 0.6 is 0 Å². The molecule has 138 valence electrons. The summed E-state index contributed by atoms with van der Waals surface area (Å²) in [5, 5.41) is 0. The minimum atomic E-state index is 0. The van der Waals surface area contributed by atoms with Gasteiger partial charge in [0.2, 0.25) is 0 Å². The Bertz CT molecular complexity index is 500. The summed E-state index contributed by atoms with van der Waals surface area (Å²) in [4.78, 5) is 0. The first-order valence-electron chi connectivity index (χ1n) is 8.07. The quantitative estimate of drug-likeness (QED) is 0.390. The van der Waals surface area contributed by atoms with Crippen LogP contribution in [0, 0.1) is 18.2 Å². The first-order chi connectivity index (χ1) is 11.9. The second-order valence-corrected chi connectivity index (χ2v) is 4.88. The van der Waals surface area contributed by atoms with Gasteiger partial charge in [0.05, 0.1) is 14.2 Å². The molecule has 0 fully saturated rings. The van der Waals surface area contributed by atoms with Crippen LogP contribution in [0.3, 0.4) is 0 Å². The van der Waals surface area contributed by atoms with Crippen molar-refractivity contribution in [2.24, 2.45) is 0 Å². The number of hydrogen-bond acceptors (Lipinski definition) is 2. The van der Waals surface area contributed by atoms with Crippen LogP contribution in [0.5, 0.6) is 11.5 Å². The maximum Gasteiger partial charge on any atom is 0.0606 e. The van der Waals surface area contributed by atoms with E-state index >= 15 is 0 Å². The Morgan fingerprint density at radius 2 is 1.36 bits per heavy atom. The molecule has 0 heterocycles. The maximum absolute atomic E-state index is 4.88. The van der Waals surface area contributed by atoms with Crippen molar-refractivity contribution in [3.05, 3.63) is 85.0 Å². The minimum absolute atomic E-state index is 0. The predicted octanol–water partition coefficient (Wildman–Crippen LogP) is 5.46. The van der Waals surface area contributed by atoms with Gasteiger partial charge >= 0.3 is 0 Å². The summed E-state index contributed by atoms with van der Waals surface area (Å²) >= 11 is 0. The van der Waals surface area contributed by atoms with E-state index in [1.165, 1.54) is 19.3 Å². The summed E-state index contributed by atoms with van der Waals surface area (Å²) < 4.78 is 9.77. The Balaban J connectivity index is 0.000000339. The molecule has 0 amide bonds. The molecule has 25 heavy (non-hydrogen) atoms. The monoisotopic (exact) mass is 516 g/mol. The SMILES string of the molecule is COc1c[c-]ccc1.COc1c[c-]ccc1.[C-]1=CCCC=CCC1.[Pt]. The van der Waals surface area contributed by atoms with Gasteiger partial charge in [-0.15, -0.1) is 24.3 Å². The van der Waals surface area contributed by atoms with Crippen LogP contribution < -0.4 is 9.47 Å². The van der Waals surface area contributed by atoms with Crippen molar-refractivity contribution in [1.29, 1.82) is 0 Å². The Labute approximate surface area is 166 Å². The zero-order chi connectivity index (χ0) is 17.3. The molecular weight excluding hydrogens is 491 g/mol. The molecule has 2 aromatic carbocycles. The van der Waals surface area contributed by atoms with Gasteiger partial charge in [-0.1, -0.05) is 25.0 Å². The molecule has 0 radical (unpaired) electrons. The fraction of sp³-hybridized carbons (Fsp3) is 0.273. The third-order valence-electron chi connectivity index (χ3n) is 3.07. The van der Waals surface area contributed by atoms with Gasteiger partial charge in [-0.25, -0.2) is 0 Å². The van der Waals surface area contributed by atoms with Crippen LogP contribution in [0.1, 0.15) is 25.7 Å². The van der Waals surface area contributed by atoms with Crippen molar-refractivity contribution in [3.8, 4) is 11.5 Å². The van der Waals surface area contributed by atoms with E-state index in [2.05, 4.69) is 36.4 Å². The number of benzene rings is 2. The molecule has 0 saturated heterocycles. The van der Waals surface area contributed by atoms with Crippen LogP contribution in [0.4, 0.5) is 0 Å². The average molecular weight is 517 g/mol. The Hall–Kier alpha value is -1.79. The number of rotatable bonds is 2. The Morgan fingerprint density at radius 3 is 1.80 bits per heavy atom. The van der Waals surface area contributed by atoms with Crippen LogP contribution in [-0.2, 0) is 21.1 Å². The molecule has 0 bridgehead atoms. The van der Waals surface area contributed by atoms with E-state index < -0.39 is 0 Å². The van der Waals surface area contributed by atoms with Crippen LogP contribution in [-0.4, -0.2) is 14.2 Å². The van der Waals surface area contributed by atoms with E-state index in [1.807, 2.05) is 36.4 Å². The van der Waals surface area contributed by atoms with Gasteiger partial charge in [0.25, 0.3) is 0 Å². The van der Waals surface area contributed by atoms with E-state index in [-0.39, 0.29) is 21.1 Å². The molecule has 1 aliphatic carbocycles. The maximum atomic E-state index is 4.88. The van der Waals surface area contributed by atoms with Gasteiger partial charge in [0, 0.05) is 32.6 Å². The summed E-state index contributed by atoms with van der Waals surface area (Å²) in [6.07, 6.45) is 14.5. The molecule has 0 unspecified atom stereocenters. The van der Waals surface area contributed by atoms with Crippen molar-refractivity contribution in [1.82, 2.24) is 0 Å². The van der Waals surface area contributed by atoms with Gasteiger partial charge in [-0.3, -0.25) is 6.08 Å². The second-order valence-electron chi connectivity index (χ2n) is 4.88. The van der Waals surface area contributed by atoms with E-state index in [0.717, 1.165) is 17.9 Å². The van der Waals surface area contributed by atoms with Gasteiger partial charge in [0.15, 0.2) is 0 Å². The number of ether oxygens (including phenoxy) is 2. The standard InChI is InChI=1S/C8H11.2C7H7O.Pt/c1-2-4-6-8-7-5-3-1;2*1-8-7-5-3-2-4-6-7;/h1-2,7H,3-6H2;2*2-3,5-6H,1H3;/q3*-1;. The van der Waals surface area contributed by atoms with E-state index in [9.17, 15) is 0 Å². The molecule has 1 aliphatic rings. The first kappa shape index (κ1) is 23.2. The van der Waals surface area contributed by atoms with Crippen LogP contribution in [0.2, 0.25) is 0 Å². The first-order valence-corrected chi connectivity index (χ1v) is 8.07. The fourth-order valence-electron chi connectivity index (χ4n) is 1.79. The van der Waals surface area contributed by atoms with Gasteiger partial charge in [0.1, 0.15) is 0 Å². The molecule has 3 heteroatoms. The number of allylic oxidation sites excluding steroid dienone is 4. The summed E-state index contributed by atoms with van der Waals surface area (Å²) in [5.74, 6) is 1.71. The largest absolute Gasteiger partial charge is 0.554 e. The molecule has 0 aromatic heterocycles. The summed E-state index contributed by atoms with van der Waals surface area (Å²) in [7, 11) is 3.28. The van der Waals surface area contributed by atoms with Crippen LogP contribution in [0.15, 0.2) is 66.8 Å².